The van der Waals surface area contributed by atoms with E-state index in [4.69, 9.17) is 23.6 Å². The zero-order valence-electron chi connectivity index (χ0n) is 23.3. The highest BCUT2D eigenvalue weighted by molar-refractivity contribution is 9.10. The summed E-state index contributed by atoms with van der Waals surface area (Å²) < 4.78 is 25.3. The molecular formula is C29H27BrN4O6S2. The maximum Gasteiger partial charge on any atom is 0.338 e. The maximum atomic E-state index is 14.1. The van der Waals surface area contributed by atoms with E-state index in [1.54, 1.807) is 69.9 Å². The van der Waals surface area contributed by atoms with E-state index in [1.807, 2.05) is 6.92 Å². The molecule has 0 bridgehead atoms. The van der Waals surface area contributed by atoms with Crippen molar-refractivity contribution in [1.82, 2.24) is 14.5 Å². The van der Waals surface area contributed by atoms with Crippen molar-refractivity contribution < 1.29 is 23.4 Å². The molecule has 42 heavy (non-hydrogen) atoms. The first-order valence-electron chi connectivity index (χ1n) is 13.1. The molecule has 4 aromatic rings. The molecule has 0 amide bonds. The topological polar surface area (TPSA) is 118 Å². The van der Waals surface area contributed by atoms with Crippen LogP contribution >= 0.6 is 39.0 Å². The minimum absolute atomic E-state index is 0.176. The van der Waals surface area contributed by atoms with Crippen LogP contribution in [-0.2, 0) is 9.53 Å². The predicted octanol–water partition coefficient (Wildman–Crippen LogP) is 4.89. The molecule has 1 aliphatic heterocycles. The van der Waals surface area contributed by atoms with E-state index in [0.717, 1.165) is 6.42 Å². The number of carbonyl (C=O) groups excluding carboxylic acids is 1. The van der Waals surface area contributed by atoms with Gasteiger partial charge < -0.3 is 18.6 Å². The van der Waals surface area contributed by atoms with Gasteiger partial charge in [0.15, 0.2) is 15.1 Å². The molecule has 3 aromatic heterocycles. The van der Waals surface area contributed by atoms with Gasteiger partial charge in [-0.2, -0.15) is 0 Å². The number of aromatic nitrogens is 3. The van der Waals surface area contributed by atoms with Crippen LogP contribution in [0, 0.1) is 0 Å². The molecule has 10 nitrogen and oxygen atoms in total. The first-order chi connectivity index (χ1) is 20.4. The zero-order valence-corrected chi connectivity index (χ0v) is 26.5. The fraction of sp³-hybridized carbons (Fsp3) is 0.276. The Labute approximate surface area is 257 Å². The van der Waals surface area contributed by atoms with Crippen molar-refractivity contribution >= 4 is 51.1 Å². The van der Waals surface area contributed by atoms with Crippen LogP contribution in [0.5, 0.6) is 11.5 Å². The highest BCUT2D eigenvalue weighted by Gasteiger charge is 2.36. The molecule has 1 aliphatic rings. The molecule has 0 radical (unpaired) electrons. The number of benzene rings is 1. The molecule has 0 N–H and O–H groups in total. The number of hydrogen-bond donors (Lipinski definition) is 0. The van der Waals surface area contributed by atoms with Gasteiger partial charge >= 0.3 is 5.97 Å². The van der Waals surface area contributed by atoms with E-state index in [0.29, 0.717) is 64.6 Å². The van der Waals surface area contributed by atoms with Crippen LogP contribution in [0.15, 0.2) is 82.9 Å². The van der Waals surface area contributed by atoms with Gasteiger partial charge in [0.1, 0.15) is 23.3 Å². The molecule has 0 saturated heterocycles. The van der Waals surface area contributed by atoms with Gasteiger partial charge in [0.25, 0.3) is 5.56 Å². The minimum Gasteiger partial charge on any atom is -0.497 e. The summed E-state index contributed by atoms with van der Waals surface area (Å²) in [4.78, 5) is 41.3. The van der Waals surface area contributed by atoms with Crippen molar-refractivity contribution in [1.29, 1.82) is 0 Å². The SMILES string of the molecule is CCCC1=C(C(=O)OCC)[C@H](c2cc(OC)ccc2OC)n2c(s/c(=C\c3cc(Br)c(Sc4ncccn4)o3)c2=O)=N1. The van der Waals surface area contributed by atoms with Crippen molar-refractivity contribution in [2.24, 2.45) is 4.99 Å². The largest absolute Gasteiger partial charge is 0.497 e. The Balaban J connectivity index is 1.70. The second-order valence-electron chi connectivity index (χ2n) is 8.94. The molecule has 218 valence electrons. The first kappa shape index (κ1) is 29.8. The van der Waals surface area contributed by atoms with Gasteiger partial charge in [0.05, 0.1) is 41.1 Å². The van der Waals surface area contributed by atoms with Crippen molar-refractivity contribution in [3.05, 3.63) is 89.5 Å². The van der Waals surface area contributed by atoms with E-state index in [-0.39, 0.29) is 12.2 Å². The maximum absolute atomic E-state index is 14.1. The van der Waals surface area contributed by atoms with Gasteiger partial charge in [0.2, 0.25) is 0 Å². The van der Waals surface area contributed by atoms with Crippen molar-refractivity contribution in [2.45, 2.75) is 43.0 Å². The number of hydrogen-bond acceptors (Lipinski definition) is 11. The van der Waals surface area contributed by atoms with E-state index >= 15 is 0 Å². The van der Waals surface area contributed by atoms with Crippen LogP contribution in [0.2, 0.25) is 0 Å². The molecule has 13 heteroatoms. The van der Waals surface area contributed by atoms with E-state index in [2.05, 4.69) is 25.9 Å². The first-order valence-corrected chi connectivity index (χ1v) is 15.5. The third-order valence-electron chi connectivity index (χ3n) is 6.30. The van der Waals surface area contributed by atoms with E-state index < -0.39 is 12.0 Å². The molecule has 0 spiro atoms. The third kappa shape index (κ3) is 5.94. The summed E-state index contributed by atoms with van der Waals surface area (Å²) >= 11 is 6.00. The lowest BCUT2D eigenvalue weighted by molar-refractivity contribution is -0.139. The normalized spacial score (nSPS) is 14.9. The summed E-state index contributed by atoms with van der Waals surface area (Å²) in [6, 6.07) is 7.95. The number of halogens is 1. The molecule has 5 rings (SSSR count). The number of rotatable bonds is 10. The molecule has 0 aliphatic carbocycles. The van der Waals surface area contributed by atoms with Crippen molar-refractivity contribution in [3.63, 3.8) is 0 Å². The van der Waals surface area contributed by atoms with Gasteiger partial charge in [0, 0.05) is 24.0 Å². The van der Waals surface area contributed by atoms with Crippen molar-refractivity contribution in [3.8, 4) is 11.5 Å². The summed E-state index contributed by atoms with van der Waals surface area (Å²) in [6.07, 6.45) is 6.23. The highest BCUT2D eigenvalue weighted by Crippen LogP contribution is 2.39. The molecule has 0 saturated carbocycles. The molecule has 0 fully saturated rings. The lowest BCUT2D eigenvalue weighted by Crippen LogP contribution is -2.40. The number of carbonyl (C=O) groups is 1. The fourth-order valence-electron chi connectivity index (χ4n) is 4.53. The quantitative estimate of drug-likeness (QED) is 0.172. The second-order valence-corrected chi connectivity index (χ2v) is 11.7. The summed E-state index contributed by atoms with van der Waals surface area (Å²) in [6.45, 7) is 3.93. The summed E-state index contributed by atoms with van der Waals surface area (Å²) in [5.74, 6) is 0.973. The molecule has 1 atom stereocenters. The molecule has 0 unspecified atom stereocenters. The average Bonchev–Trinajstić information content (AvgIpc) is 3.49. The van der Waals surface area contributed by atoms with E-state index in [9.17, 15) is 9.59 Å². The number of furan rings is 1. The average molecular weight is 672 g/mol. The number of esters is 1. The van der Waals surface area contributed by atoms with Gasteiger partial charge in [-0.3, -0.25) is 9.36 Å². The standard InChI is InChI=1S/C29H27BrN4O6S2/c1-5-8-20-23(26(36)39-6-2)24(18-13-16(37-3)9-10-21(18)38-4)34-25(35)22(41-29(34)33-20)15-17-14-19(30)27(40-17)42-28-31-11-7-12-32-28/h7,9-15,24H,5-6,8H2,1-4H3/b22-15-/t24-/m0/s1. The summed E-state index contributed by atoms with van der Waals surface area (Å²) in [5.41, 5.74) is 1.12. The van der Waals surface area contributed by atoms with Crippen LogP contribution in [0.3, 0.4) is 0 Å². The predicted molar refractivity (Wildman–Crippen MR) is 162 cm³/mol. The monoisotopic (exact) mass is 670 g/mol. The van der Waals surface area contributed by atoms with Crippen LogP contribution in [0.25, 0.3) is 6.08 Å². The Morgan fingerprint density at radius 2 is 1.98 bits per heavy atom. The smallest absolute Gasteiger partial charge is 0.338 e. The highest BCUT2D eigenvalue weighted by atomic mass is 79.9. The number of fused-ring (bicyclic) bond motifs is 1. The van der Waals surface area contributed by atoms with Gasteiger partial charge in [-0.05, 0) is 71.4 Å². The Hall–Kier alpha value is -3.68. The van der Waals surface area contributed by atoms with Crippen LogP contribution in [0.4, 0.5) is 0 Å². The van der Waals surface area contributed by atoms with E-state index in [1.165, 1.54) is 27.7 Å². The number of nitrogens with zero attached hydrogens (tertiary/aromatic N) is 4. The third-order valence-corrected chi connectivity index (χ3v) is 9.01. The van der Waals surface area contributed by atoms with Crippen LogP contribution in [-0.4, -0.2) is 41.3 Å². The Morgan fingerprint density at radius 1 is 1.19 bits per heavy atom. The summed E-state index contributed by atoms with van der Waals surface area (Å²) in [5, 5.41) is 1.08. The fourth-order valence-corrected chi connectivity index (χ4v) is 6.76. The number of ether oxygens (including phenoxy) is 3. The molecular weight excluding hydrogens is 644 g/mol. The van der Waals surface area contributed by atoms with Crippen LogP contribution in [0.1, 0.15) is 44.1 Å². The number of allylic oxidation sites excluding steroid dienone is 1. The second kappa shape index (κ2) is 13.1. The van der Waals surface area contributed by atoms with Gasteiger partial charge in [-0.25, -0.2) is 19.8 Å². The lowest BCUT2D eigenvalue weighted by atomic mass is 9.93. The lowest BCUT2D eigenvalue weighted by Gasteiger charge is -2.27. The Kier molecular flexibility index (Phi) is 9.29. The molecule has 1 aromatic carbocycles. The van der Waals surface area contributed by atoms with Gasteiger partial charge in [-0.1, -0.05) is 24.7 Å². The summed E-state index contributed by atoms with van der Waals surface area (Å²) in [7, 11) is 3.10. The Bertz CT molecular complexity index is 1830. The number of thiazole rings is 1. The van der Waals surface area contributed by atoms with Crippen molar-refractivity contribution in [2.75, 3.05) is 20.8 Å². The zero-order chi connectivity index (χ0) is 29.8. The van der Waals surface area contributed by atoms with Gasteiger partial charge in [-0.15, -0.1) is 0 Å². The Morgan fingerprint density at radius 3 is 2.67 bits per heavy atom. The minimum atomic E-state index is -0.848. The molecule has 4 heterocycles. The number of methoxy groups -OCH3 is 2. The van der Waals surface area contributed by atoms with Crippen LogP contribution < -0.4 is 24.4 Å².